The summed E-state index contributed by atoms with van der Waals surface area (Å²) in [6, 6.07) is 16.1. The number of anilines is 1. The van der Waals surface area contributed by atoms with Gasteiger partial charge in [0.25, 0.3) is 5.91 Å². The zero-order valence-electron chi connectivity index (χ0n) is 14.9. The van der Waals surface area contributed by atoms with Gasteiger partial charge in [0.1, 0.15) is 0 Å². The predicted octanol–water partition coefficient (Wildman–Crippen LogP) is 3.95. The van der Waals surface area contributed by atoms with Crippen LogP contribution in [0.4, 0.5) is 5.69 Å². The van der Waals surface area contributed by atoms with E-state index in [1.807, 2.05) is 47.4 Å². The number of aliphatic imine (C=N–C) groups is 1. The highest BCUT2D eigenvalue weighted by molar-refractivity contribution is 8.13. The van der Waals surface area contributed by atoms with Crippen LogP contribution >= 0.6 is 11.8 Å². The first kappa shape index (κ1) is 17.2. The zero-order chi connectivity index (χ0) is 18.1. The van der Waals surface area contributed by atoms with Crippen molar-refractivity contribution >= 4 is 28.5 Å². The minimum atomic E-state index is -0.297. The number of aryl methyl sites for hydroxylation is 1. The minimum Gasteiger partial charge on any atom is -0.379 e. The van der Waals surface area contributed by atoms with Crippen LogP contribution in [-0.2, 0) is 12.0 Å². The smallest absolute Gasteiger partial charge is 0.258 e. The molecule has 0 saturated heterocycles. The molecule has 2 aromatic carbocycles. The molecule has 1 amide bonds. The summed E-state index contributed by atoms with van der Waals surface area (Å²) >= 11 is 1.60. The molecule has 2 N–H and O–H groups in total. The molecule has 0 aliphatic carbocycles. The van der Waals surface area contributed by atoms with Crippen LogP contribution in [0.3, 0.4) is 0 Å². The summed E-state index contributed by atoms with van der Waals surface area (Å²) in [6.45, 7) is 2.88. The van der Waals surface area contributed by atoms with Gasteiger partial charge in [-0.15, -0.1) is 0 Å². The van der Waals surface area contributed by atoms with Crippen LogP contribution in [0.1, 0.15) is 41.3 Å². The number of fused-ring (bicyclic) bond motifs is 1. The van der Waals surface area contributed by atoms with Crippen LogP contribution in [0.5, 0.6) is 0 Å². The topological polar surface area (TPSA) is 58.7 Å². The fourth-order valence-corrected chi connectivity index (χ4v) is 4.74. The number of nitrogens with zero attached hydrogens (tertiary/aromatic N) is 2. The van der Waals surface area contributed by atoms with E-state index in [-0.39, 0.29) is 11.4 Å². The quantitative estimate of drug-likeness (QED) is 0.877. The van der Waals surface area contributed by atoms with Crippen molar-refractivity contribution in [3.05, 3.63) is 65.2 Å². The zero-order valence-corrected chi connectivity index (χ0v) is 15.8. The lowest BCUT2D eigenvalue weighted by molar-refractivity contribution is 0.0985. The Hall–Kier alpha value is -2.27. The van der Waals surface area contributed by atoms with Crippen LogP contribution < -0.4 is 10.6 Å². The number of hydrogen-bond donors (Lipinski definition) is 1. The lowest BCUT2D eigenvalue weighted by atomic mass is 9.89. The number of amidine groups is 1. The Morgan fingerprint density at radius 2 is 1.96 bits per heavy atom. The molecular weight excluding hydrogens is 342 g/mol. The van der Waals surface area contributed by atoms with Gasteiger partial charge in [0.05, 0.1) is 5.54 Å². The molecule has 0 bridgehead atoms. The number of rotatable bonds is 2. The summed E-state index contributed by atoms with van der Waals surface area (Å²) in [7, 11) is 0. The van der Waals surface area contributed by atoms with Crippen molar-refractivity contribution in [3.63, 3.8) is 0 Å². The van der Waals surface area contributed by atoms with E-state index in [4.69, 9.17) is 5.73 Å². The summed E-state index contributed by atoms with van der Waals surface area (Å²) in [6.07, 6.45) is 2.99. The van der Waals surface area contributed by atoms with Gasteiger partial charge in [-0.25, -0.2) is 0 Å². The molecule has 2 heterocycles. The van der Waals surface area contributed by atoms with Gasteiger partial charge in [0, 0.05) is 23.5 Å². The second-order valence-electron chi connectivity index (χ2n) is 7.09. The molecule has 26 heavy (non-hydrogen) atoms. The van der Waals surface area contributed by atoms with E-state index in [1.165, 1.54) is 5.56 Å². The summed E-state index contributed by atoms with van der Waals surface area (Å²) in [4.78, 5) is 19.6. The number of amides is 1. The largest absolute Gasteiger partial charge is 0.379 e. The van der Waals surface area contributed by atoms with E-state index in [0.29, 0.717) is 5.17 Å². The first-order valence-corrected chi connectivity index (χ1v) is 10.0. The number of para-hydroxylation sites is 1. The maximum Gasteiger partial charge on any atom is 0.258 e. The Morgan fingerprint density at radius 3 is 2.73 bits per heavy atom. The van der Waals surface area contributed by atoms with Crippen LogP contribution in [0.25, 0.3) is 0 Å². The third-order valence-electron chi connectivity index (χ3n) is 5.30. The molecule has 2 aliphatic heterocycles. The molecule has 2 aromatic rings. The van der Waals surface area contributed by atoms with Crippen molar-refractivity contribution in [2.45, 2.75) is 31.7 Å². The molecule has 1 atom stereocenters. The molecule has 0 fully saturated rings. The van der Waals surface area contributed by atoms with E-state index in [0.717, 1.165) is 48.4 Å². The Kier molecular flexibility index (Phi) is 4.49. The summed E-state index contributed by atoms with van der Waals surface area (Å²) in [5.74, 6) is 1.04. The van der Waals surface area contributed by atoms with Gasteiger partial charge in [-0.1, -0.05) is 42.1 Å². The number of hydrogen-bond acceptors (Lipinski definition) is 4. The molecule has 5 heteroatoms. The van der Waals surface area contributed by atoms with Gasteiger partial charge < -0.3 is 10.6 Å². The first-order valence-electron chi connectivity index (χ1n) is 9.05. The SMILES string of the molecule is CC1(c2ccc(C(=O)N3CCCc4ccccc43)cc2)CCSC(N)=N1. The van der Waals surface area contributed by atoms with Crippen molar-refractivity contribution in [1.29, 1.82) is 0 Å². The number of benzene rings is 2. The summed E-state index contributed by atoms with van der Waals surface area (Å²) in [5, 5.41) is 0.642. The second kappa shape index (κ2) is 6.80. The van der Waals surface area contributed by atoms with E-state index < -0.39 is 0 Å². The van der Waals surface area contributed by atoms with Gasteiger partial charge in [0.2, 0.25) is 0 Å². The van der Waals surface area contributed by atoms with Crippen molar-refractivity contribution < 1.29 is 4.79 Å². The van der Waals surface area contributed by atoms with E-state index in [1.54, 1.807) is 11.8 Å². The monoisotopic (exact) mass is 365 g/mol. The maximum absolute atomic E-state index is 13.1. The molecule has 0 spiro atoms. The third-order valence-corrected chi connectivity index (χ3v) is 6.10. The number of thioether (sulfide) groups is 1. The normalized spacial score (nSPS) is 22.5. The molecule has 0 saturated carbocycles. The molecular formula is C21H23N3OS. The van der Waals surface area contributed by atoms with Gasteiger partial charge in [-0.05, 0) is 55.5 Å². The number of nitrogens with two attached hydrogens (primary N) is 1. The van der Waals surface area contributed by atoms with Crippen molar-refractivity contribution in [2.24, 2.45) is 10.7 Å². The first-order chi connectivity index (χ1) is 12.6. The Labute approximate surface area is 158 Å². The fourth-order valence-electron chi connectivity index (χ4n) is 3.77. The molecule has 1 unspecified atom stereocenters. The number of carbonyl (C=O) groups is 1. The maximum atomic E-state index is 13.1. The average molecular weight is 366 g/mol. The average Bonchev–Trinajstić information content (AvgIpc) is 2.67. The van der Waals surface area contributed by atoms with Crippen molar-refractivity contribution in [1.82, 2.24) is 0 Å². The third kappa shape index (κ3) is 3.12. The molecule has 4 nitrogen and oxygen atoms in total. The van der Waals surface area contributed by atoms with Crippen LogP contribution in [0.15, 0.2) is 53.5 Å². The highest BCUT2D eigenvalue weighted by Gasteiger charge is 2.30. The van der Waals surface area contributed by atoms with Crippen LogP contribution in [0, 0.1) is 0 Å². The van der Waals surface area contributed by atoms with Gasteiger partial charge in [-0.2, -0.15) is 0 Å². The minimum absolute atomic E-state index is 0.0658. The lowest BCUT2D eigenvalue weighted by Gasteiger charge is -2.31. The second-order valence-corrected chi connectivity index (χ2v) is 8.20. The highest BCUT2D eigenvalue weighted by Crippen LogP contribution is 2.35. The lowest BCUT2D eigenvalue weighted by Crippen LogP contribution is -2.35. The Balaban J connectivity index is 1.60. The van der Waals surface area contributed by atoms with Crippen molar-refractivity contribution in [2.75, 3.05) is 17.2 Å². The van der Waals surface area contributed by atoms with Crippen LogP contribution in [-0.4, -0.2) is 23.4 Å². The summed E-state index contributed by atoms with van der Waals surface area (Å²) < 4.78 is 0. The molecule has 0 radical (unpaired) electrons. The van der Waals surface area contributed by atoms with E-state index in [2.05, 4.69) is 18.0 Å². The molecule has 2 aliphatic rings. The molecule has 0 aromatic heterocycles. The van der Waals surface area contributed by atoms with E-state index in [9.17, 15) is 4.79 Å². The number of carbonyl (C=O) groups excluding carboxylic acids is 1. The predicted molar refractivity (Wildman–Crippen MR) is 109 cm³/mol. The standard InChI is InChI=1S/C21H23N3OS/c1-21(12-14-26-20(22)23-21)17-10-8-16(9-11-17)19(25)24-13-4-6-15-5-2-3-7-18(15)24/h2-3,5,7-11H,4,6,12-14H2,1H3,(H2,22,23). The summed E-state index contributed by atoms with van der Waals surface area (Å²) in [5.41, 5.74) is 9.74. The van der Waals surface area contributed by atoms with Gasteiger partial charge in [-0.3, -0.25) is 9.79 Å². The van der Waals surface area contributed by atoms with Gasteiger partial charge >= 0.3 is 0 Å². The van der Waals surface area contributed by atoms with Crippen molar-refractivity contribution in [3.8, 4) is 0 Å². The van der Waals surface area contributed by atoms with Gasteiger partial charge in [0.15, 0.2) is 5.17 Å². The Morgan fingerprint density at radius 1 is 1.19 bits per heavy atom. The highest BCUT2D eigenvalue weighted by atomic mass is 32.2. The van der Waals surface area contributed by atoms with E-state index >= 15 is 0 Å². The molecule has 134 valence electrons. The Bertz CT molecular complexity index is 862. The fraction of sp³-hybridized carbons (Fsp3) is 0.333. The van der Waals surface area contributed by atoms with Crippen LogP contribution in [0.2, 0.25) is 0 Å². The molecule has 4 rings (SSSR count).